The molecule has 0 radical (unpaired) electrons. The summed E-state index contributed by atoms with van der Waals surface area (Å²) in [6.07, 6.45) is 2.04. The van der Waals surface area contributed by atoms with E-state index in [2.05, 4.69) is 27.6 Å². The number of phenolic OH excluding ortho intramolecular Hbond substituents is 2. The maximum atomic E-state index is 12.6. The first-order valence-electron chi connectivity index (χ1n) is 10.5. The Labute approximate surface area is 195 Å². The van der Waals surface area contributed by atoms with E-state index in [9.17, 15) is 19.9 Å². The van der Waals surface area contributed by atoms with E-state index in [0.717, 1.165) is 32.0 Å². The lowest BCUT2D eigenvalue weighted by atomic mass is 9.97. The Morgan fingerprint density at radius 1 is 1.21 bits per heavy atom. The molecule has 11 nitrogen and oxygen atoms in total. The van der Waals surface area contributed by atoms with Gasteiger partial charge >= 0.3 is 0 Å². The van der Waals surface area contributed by atoms with Crippen LogP contribution in [-0.4, -0.2) is 58.3 Å². The van der Waals surface area contributed by atoms with Gasteiger partial charge in [-0.05, 0) is 68.3 Å². The number of benzene rings is 2. The minimum atomic E-state index is -0.374. The number of aromatic nitrogens is 1. The molecule has 0 atom stereocenters. The number of carbonyl (C=O) groups is 1. The van der Waals surface area contributed by atoms with E-state index >= 15 is 0 Å². The van der Waals surface area contributed by atoms with Crippen molar-refractivity contribution in [3.63, 3.8) is 0 Å². The van der Waals surface area contributed by atoms with Crippen LogP contribution in [0.15, 0.2) is 52.2 Å². The molecule has 0 spiro atoms. The van der Waals surface area contributed by atoms with Gasteiger partial charge in [0, 0.05) is 24.7 Å². The van der Waals surface area contributed by atoms with Crippen molar-refractivity contribution in [1.29, 1.82) is 0 Å². The van der Waals surface area contributed by atoms with Crippen LogP contribution in [0.3, 0.4) is 0 Å². The van der Waals surface area contributed by atoms with Gasteiger partial charge in [0.2, 0.25) is 0 Å². The number of carbonyl (C=O) groups excluding carboxylic acids is 1. The third-order valence-electron chi connectivity index (χ3n) is 5.61. The van der Waals surface area contributed by atoms with E-state index in [0.29, 0.717) is 18.2 Å². The Balaban J connectivity index is 0.00000324. The zero-order chi connectivity index (χ0) is 23.4. The highest BCUT2D eigenvalue weighted by Gasteiger charge is 2.23. The van der Waals surface area contributed by atoms with E-state index in [1.54, 1.807) is 0 Å². The van der Waals surface area contributed by atoms with Crippen molar-refractivity contribution in [3.8, 4) is 34.3 Å². The highest BCUT2D eigenvalue weighted by molar-refractivity contribution is 5.93. The lowest BCUT2D eigenvalue weighted by Crippen LogP contribution is -2.36. The molecule has 0 saturated carbocycles. The molecule has 4 rings (SSSR count). The molecule has 34 heavy (non-hydrogen) atoms. The molecule has 4 N–H and O–H groups in total. The molecule has 3 aromatic rings. The molecule has 180 valence electrons. The van der Waals surface area contributed by atoms with Crippen LogP contribution >= 0.6 is 0 Å². The van der Waals surface area contributed by atoms with E-state index in [1.807, 2.05) is 0 Å². The second-order valence-electron chi connectivity index (χ2n) is 8.06. The number of aromatic hydroxyl groups is 2. The highest BCUT2D eigenvalue weighted by Crippen LogP contribution is 2.43. The maximum Gasteiger partial charge on any atom is 0.273 e. The monoisotopic (exact) mass is 469 g/mol. The van der Waals surface area contributed by atoms with E-state index in [1.165, 1.54) is 36.4 Å². The lowest BCUT2D eigenvalue weighted by Gasteiger charge is -2.28. The van der Waals surface area contributed by atoms with Crippen molar-refractivity contribution in [2.75, 3.05) is 26.7 Å². The van der Waals surface area contributed by atoms with Crippen molar-refractivity contribution >= 4 is 11.6 Å². The summed E-state index contributed by atoms with van der Waals surface area (Å²) in [7, 11) is 2.08. The highest BCUT2D eigenvalue weighted by atomic mass is 16.5. The minimum Gasteiger partial charge on any atom is -0.870 e. The SMILES string of the molecule is CN1CCC(CNC(=O)c2cc(-c3c(O)cc(O)cc3Oc3ccc(N=O)cc3)on2)CC1.[OH-]. The van der Waals surface area contributed by atoms with Gasteiger partial charge < -0.3 is 35.2 Å². The van der Waals surface area contributed by atoms with Gasteiger partial charge in [-0.15, -0.1) is 4.91 Å². The van der Waals surface area contributed by atoms with Gasteiger partial charge in [-0.3, -0.25) is 4.79 Å². The van der Waals surface area contributed by atoms with Gasteiger partial charge in [0.05, 0.1) is 0 Å². The third-order valence-corrected chi connectivity index (χ3v) is 5.61. The molecular weight excluding hydrogens is 444 g/mol. The first-order valence-corrected chi connectivity index (χ1v) is 10.5. The van der Waals surface area contributed by atoms with Crippen LogP contribution in [0.2, 0.25) is 0 Å². The van der Waals surface area contributed by atoms with Crippen LogP contribution in [0.1, 0.15) is 23.3 Å². The number of ether oxygens (including phenoxy) is 1. The van der Waals surface area contributed by atoms with Gasteiger partial charge in [0.15, 0.2) is 11.5 Å². The van der Waals surface area contributed by atoms with E-state index in [4.69, 9.17) is 9.26 Å². The van der Waals surface area contributed by atoms with E-state index in [-0.39, 0.29) is 51.3 Å². The number of nitrogens with zero attached hydrogens (tertiary/aromatic N) is 3. The van der Waals surface area contributed by atoms with Gasteiger partial charge in [0.25, 0.3) is 5.91 Å². The number of amides is 1. The summed E-state index contributed by atoms with van der Waals surface area (Å²) in [6.45, 7) is 2.57. The first kappa shape index (κ1) is 24.7. The predicted octanol–water partition coefficient (Wildman–Crippen LogP) is 3.84. The smallest absolute Gasteiger partial charge is 0.273 e. The molecule has 1 aliphatic heterocycles. The van der Waals surface area contributed by atoms with Crippen molar-refractivity contribution < 1.29 is 29.7 Å². The summed E-state index contributed by atoms with van der Waals surface area (Å²) in [5.41, 5.74) is 0.414. The fraction of sp³-hybridized carbons (Fsp3) is 0.304. The molecular formula is C23H25N4O7-. The number of nitrogens with one attached hydrogen (secondary N) is 1. The summed E-state index contributed by atoms with van der Waals surface area (Å²) in [5.74, 6) is 0.00913. The van der Waals surface area contributed by atoms with Crippen LogP contribution in [0.4, 0.5) is 5.69 Å². The summed E-state index contributed by atoms with van der Waals surface area (Å²) in [6, 6.07) is 9.79. The lowest BCUT2D eigenvalue weighted by molar-refractivity contribution is 0.0930. The number of hydrogen-bond donors (Lipinski definition) is 3. The summed E-state index contributed by atoms with van der Waals surface area (Å²) < 4.78 is 11.1. The van der Waals surface area contributed by atoms with Gasteiger partial charge in [-0.2, -0.15) is 0 Å². The van der Waals surface area contributed by atoms with Crippen molar-refractivity contribution in [1.82, 2.24) is 15.4 Å². The Kier molecular flexibility index (Phi) is 7.82. The number of hydrogen-bond acceptors (Lipinski definition) is 10. The zero-order valence-corrected chi connectivity index (χ0v) is 18.5. The number of likely N-dealkylation sites (tertiary alicyclic amines) is 1. The Morgan fingerprint density at radius 2 is 1.91 bits per heavy atom. The van der Waals surface area contributed by atoms with Crippen LogP contribution in [0.25, 0.3) is 11.3 Å². The van der Waals surface area contributed by atoms with E-state index < -0.39 is 0 Å². The fourth-order valence-electron chi connectivity index (χ4n) is 3.71. The molecule has 2 aromatic carbocycles. The minimum absolute atomic E-state index is 0. The summed E-state index contributed by atoms with van der Waals surface area (Å²) in [5, 5.41) is 29.9. The second kappa shape index (κ2) is 10.8. The number of nitroso groups, excluding NO2 is 1. The largest absolute Gasteiger partial charge is 0.870 e. The first-order chi connectivity index (χ1) is 15.9. The van der Waals surface area contributed by atoms with Crippen molar-refractivity contribution in [3.05, 3.63) is 53.1 Å². The fourth-order valence-corrected chi connectivity index (χ4v) is 3.71. The van der Waals surface area contributed by atoms with Crippen molar-refractivity contribution in [2.45, 2.75) is 12.8 Å². The van der Waals surface area contributed by atoms with Gasteiger partial charge in [-0.25, -0.2) is 0 Å². The standard InChI is InChI=1S/C23H24N4O6.H2O/c1-27-8-6-14(7-9-27)13-24-23(30)18-12-21(33-26-18)22-19(29)10-16(28)11-20(22)32-17-4-2-15(25-31)3-5-17;/h2-5,10-12,14,28-29H,6-9,13H2,1H3,(H,24,30);1H2/p-1. The second-order valence-corrected chi connectivity index (χ2v) is 8.06. The molecule has 1 aromatic heterocycles. The average Bonchev–Trinajstić information content (AvgIpc) is 3.28. The average molecular weight is 469 g/mol. The molecule has 2 heterocycles. The molecule has 1 amide bonds. The van der Waals surface area contributed by atoms with Crippen LogP contribution < -0.4 is 10.1 Å². The quantitative estimate of drug-likeness (QED) is 0.435. The molecule has 0 bridgehead atoms. The Hall–Kier alpha value is -3.96. The molecule has 0 aliphatic carbocycles. The normalized spacial score (nSPS) is 14.3. The molecule has 0 unspecified atom stereocenters. The number of piperidine rings is 1. The predicted molar refractivity (Wildman–Crippen MR) is 122 cm³/mol. The van der Waals surface area contributed by atoms with Gasteiger partial charge in [-0.1, -0.05) is 5.16 Å². The summed E-state index contributed by atoms with van der Waals surface area (Å²) >= 11 is 0. The van der Waals surface area contributed by atoms with Gasteiger partial charge in [0.1, 0.15) is 34.2 Å². The van der Waals surface area contributed by atoms with Crippen LogP contribution in [0.5, 0.6) is 23.0 Å². The molecule has 1 saturated heterocycles. The Bertz CT molecular complexity index is 1140. The van der Waals surface area contributed by atoms with Crippen molar-refractivity contribution in [2.24, 2.45) is 11.1 Å². The number of rotatable bonds is 7. The molecule has 1 fully saturated rings. The zero-order valence-electron chi connectivity index (χ0n) is 18.5. The topological polar surface area (TPSA) is 167 Å². The number of phenols is 2. The van der Waals surface area contributed by atoms with Crippen LogP contribution in [0, 0.1) is 10.8 Å². The molecule has 1 aliphatic rings. The third kappa shape index (κ3) is 5.69. The molecule has 11 heteroatoms. The summed E-state index contributed by atoms with van der Waals surface area (Å²) in [4.78, 5) is 25.4. The maximum absolute atomic E-state index is 12.6. The van der Waals surface area contributed by atoms with Crippen LogP contribution in [-0.2, 0) is 0 Å². The Morgan fingerprint density at radius 3 is 2.59 bits per heavy atom.